The van der Waals surface area contributed by atoms with E-state index in [9.17, 15) is 4.79 Å². The van der Waals surface area contributed by atoms with Gasteiger partial charge in [0.05, 0.1) is 13.0 Å². The quantitative estimate of drug-likeness (QED) is 0.802. The molecule has 0 amide bonds. The highest BCUT2D eigenvalue weighted by molar-refractivity contribution is 6.33. The van der Waals surface area contributed by atoms with E-state index in [-0.39, 0.29) is 11.9 Å². The van der Waals surface area contributed by atoms with Gasteiger partial charge in [-0.3, -0.25) is 9.69 Å². The molecule has 1 aliphatic heterocycles. The summed E-state index contributed by atoms with van der Waals surface area (Å²) in [5.41, 5.74) is 1.03. The third-order valence-electron chi connectivity index (χ3n) is 3.52. The minimum absolute atomic E-state index is 0.0380. The largest absolute Gasteiger partial charge is 0.469 e. The number of rotatable bonds is 3. The van der Waals surface area contributed by atoms with Crippen LogP contribution in [0.4, 0.5) is 0 Å². The zero-order valence-electron chi connectivity index (χ0n) is 10.9. The number of benzene rings is 1. The van der Waals surface area contributed by atoms with Crippen LogP contribution in [0.5, 0.6) is 0 Å². The van der Waals surface area contributed by atoms with Gasteiger partial charge in [0.25, 0.3) is 0 Å². The van der Waals surface area contributed by atoms with Crippen molar-refractivity contribution in [3.63, 3.8) is 0 Å². The molecule has 0 aromatic heterocycles. The van der Waals surface area contributed by atoms with E-state index >= 15 is 0 Å². The number of methoxy groups -OCH3 is 1. The summed E-state index contributed by atoms with van der Waals surface area (Å²) in [6.07, 6.45) is 1.68. The molecule has 19 heavy (non-hydrogen) atoms. The standard InChI is InChI=1S/C14H17Cl2NO2/c1-19-14(18)10-4-6-17(7-5-10)9-11-8-12(15)2-3-13(11)16/h2-3,8,10H,4-7,9H2,1H3. The second-order valence-electron chi connectivity index (χ2n) is 4.81. The number of likely N-dealkylation sites (tertiary alicyclic amines) is 1. The summed E-state index contributed by atoms with van der Waals surface area (Å²) in [7, 11) is 1.44. The number of carbonyl (C=O) groups is 1. The molecule has 1 fully saturated rings. The molecule has 3 nitrogen and oxygen atoms in total. The van der Waals surface area contributed by atoms with Gasteiger partial charge in [-0.1, -0.05) is 23.2 Å². The molecule has 0 spiro atoms. The van der Waals surface area contributed by atoms with Crippen LogP contribution in [0, 0.1) is 5.92 Å². The van der Waals surface area contributed by atoms with Gasteiger partial charge in [-0.2, -0.15) is 0 Å². The number of nitrogens with zero attached hydrogens (tertiary/aromatic N) is 1. The molecule has 0 aliphatic carbocycles. The van der Waals surface area contributed by atoms with Crippen LogP contribution in [0.3, 0.4) is 0 Å². The molecule has 5 heteroatoms. The zero-order valence-corrected chi connectivity index (χ0v) is 12.4. The Morgan fingerprint density at radius 3 is 2.68 bits per heavy atom. The Morgan fingerprint density at radius 1 is 1.37 bits per heavy atom. The molecule has 0 saturated carbocycles. The van der Waals surface area contributed by atoms with Crippen molar-refractivity contribution in [2.24, 2.45) is 5.92 Å². The predicted octanol–water partition coefficient (Wildman–Crippen LogP) is 3.38. The third kappa shape index (κ3) is 3.85. The summed E-state index contributed by atoms with van der Waals surface area (Å²) in [4.78, 5) is 13.7. The molecule has 0 unspecified atom stereocenters. The number of esters is 1. The van der Waals surface area contributed by atoms with E-state index in [1.165, 1.54) is 7.11 Å². The predicted molar refractivity (Wildman–Crippen MR) is 76.5 cm³/mol. The lowest BCUT2D eigenvalue weighted by molar-refractivity contribution is -0.147. The molecular formula is C14H17Cl2NO2. The van der Waals surface area contributed by atoms with Crippen LogP contribution in [-0.4, -0.2) is 31.1 Å². The lowest BCUT2D eigenvalue weighted by Gasteiger charge is -2.30. The van der Waals surface area contributed by atoms with Gasteiger partial charge in [-0.25, -0.2) is 0 Å². The molecule has 0 atom stereocenters. The molecule has 1 saturated heterocycles. The van der Waals surface area contributed by atoms with E-state index in [2.05, 4.69) is 4.90 Å². The highest BCUT2D eigenvalue weighted by Crippen LogP contribution is 2.25. The van der Waals surface area contributed by atoms with Gasteiger partial charge >= 0.3 is 5.97 Å². The van der Waals surface area contributed by atoms with Crippen molar-refractivity contribution in [1.82, 2.24) is 4.90 Å². The molecule has 1 aliphatic rings. The van der Waals surface area contributed by atoms with Crippen LogP contribution in [0.1, 0.15) is 18.4 Å². The van der Waals surface area contributed by atoms with Crippen molar-refractivity contribution >= 4 is 29.2 Å². The van der Waals surface area contributed by atoms with E-state index < -0.39 is 0 Å². The second-order valence-corrected chi connectivity index (χ2v) is 5.65. The van der Waals surface area contributed by atoms with Crippen LogP contribution in [-0.2, 0) is 16.1 Å². The minimum atomic E-state index is -0.0968. The summed E-state index contributed by atoms with van der Waals surface area (Å²) >= 11 is 12.1. The molecule has 1 heterocycles. The van der Waals surface area contributed by atoms with Crippen molar-refractivity contribution in [3.8, 4) is 0 Å². The highest BCUT2D eigenvalue weighted by Gasteiger charge is 2.25. The summed E-state index contributed by atoms with van der Waals surface area (Å²) in [6, 6.07) is 5.51. The SMILES string of the molecule is COC(=O)C1CCN(Cc2cc(Cl)ccc2Cl)CC1. The maximum atomic E-state index is 11.5. The second kappa shape index (κ2) is 6.60. The highest BCUT2D eigenvalue weighted by atomic mass is 35.5. The van der Waals surface area contributed by atoms with E-state index in [1.807, 2.05) is 12.1 Å². The first kappa shape index (κ1) is 14.6. The first-order valence-electron chi connectivity index (χ1n) is 6.34. The third-order valence-corrected chi connectivity index (χ3v) is 4.13. The van der Waals surface area contributed by atoms with Crippen LogP contribution in [0.15, 0.2) is 18.2 Å². The van der Waals surface area contributed by atoms with Gasteiger partial charge < -0.3 is 4.74 Å². The van der Waals surface area contributed by atoms with Crippen LogP contribution in [0.25, 0.3) is 0 Å². The number of ether oxygens (including phenoxy) is 1. The average Bonchev–Trinajstić information content (AvgIpc) is 2.43. The number of piperidine rings is 1. The van der Waals surface area contributed by atoms with E-state index in [4.69, 9.17) is 27.9 Å². The molecular weight excluding hydrogens is 285 g/mol. The minimum Gasteiger partial charge on any atom is -0.469 e. The Morgan fingerprint density at radius 2 is 2.05 bits per heavy atom. The summed E-state index contributed by atoms with van der Waals surface area (Å²) < 4.78 is 4.78. The Balaban J connectivity index is 1.92. The zero-order chi connectivity index (χ0) is 13.8. The maximum absolute atomic E-state index is 11.5. The Bertz CT molecular complexity index is 457. The number of carbonyl (C=O) groups excluding carboxylic acids is 1. The number of hydrogen-bond acceptors (Lipinski definition) is 3. The molecule has 0 radical (unpaired) electrons. The Hall–Kier alpha value is -0.770. The van der Waals surface area contributed by atoms with Crippen molar-refractivity contribution in [1.29, 1.82) is 0 Å². The topological polar surface area (TPSA) is 29.5 Å². The Labute approximate surface area is 123 Å². The molecule has 2 rings (SSSR count). The van der Waals surface area contributed by atoms with E-state index in [1.54, 1.807) is 6.07 Å². The number of hydrogen-bond donors (Lipinski definition) is 0. The van der Waals surface area contributed by atoms with Gasteiger partial charge in [0, 0.05) is 16.6 Å². The smallest absolute Gasteiger partial charge is 0.308 e. The van der Waals surface area contributed by atoms with Crippen molar-refractivity contribution in [2.45, 2.75) is 19.4 Å². The summed E-state index contributed by atoms with van der Waals surface area (Å²) in [5, 5.41) is 1.43. The van der Waals surface area contributed by atoms with E-state index in [0.717, 1.165) is 43.1 Å². The van der Waals surface area contributed by atoms with Crippen molar-refractivity contribution < 1.29 is 9.53 Å². The van der Waals surface area contributed by atoms with Gasteiger partial charge in [0.1, 0.15) is 0 Å². The fourth-order valence-electron chi connectivity index (χ4n) is 2.40. The molecule has 104 valence electrons. The van der Waals surface area contributed by atoms with Crippen molar-refractivity contribution in [3.05, 3.63) is 33.8 Å². The van der Waals surface area contributed by atoms with Crippen LogP contribution >= 0.6 is 23.2 Å². The average molecular weight is 302 g/mol. The first-order chi connectivity index (χ1) is 9.10. The van der Waals surface area contributed by atoms with Crippen LogP contribution in [0.2, 0.25) is 10.0 Å². The Kier molecular flexibility index (Phi) is 5.08. The lowest BCUT2D eigenvalue weighted by atomic mass is 9.96. The number of halogens is 2. The monoisotopic (exact) mass is 301 g/mol. The summed E-state index contributed by atoms with van der Waals surface area (Å²) in [6.45, 7) is 2.53. The maximum Gasteiger partial charge on any atom is 0.308 e. The molecule has 1 aromatic carbocycles. The molecule has 0 bridgehead atoms. The van der Waals surface area contributed by atoms with Gasteiger partial charge in [0.15, 0.2) is 0 Å². The lowest BCUT2D eigenvalue weighted by Crippen LogP contribution is -2.36. The normalized spacial score (nSPS) is 17.4. The van der Waals surface area contributed by atoms with Crippen molar-refractivity contribution in [2.75, 3.05) is 20.2 Å². The van der Waals surface area contributed by atoms with Crippen LogP contribution < -0.4 is 0 Å². The first-order valence-corrected chi connectivity index (χ1v) is 7.10. The fourth-order valence-corrected chi connectivity index (χ4v) is 2.77. The summed E-state index contributed by atoms with van der Waals surface area (Å²) in [5.74, 6) is -0.0588. The van der Waals surface area contributed by atoms with Gasteiger partial charge in [-0.15, -0.1) is 0 Å². The molecule has 1 aromatic rings. The van der Waals surface area contributed by atoms with Gasteiger partial charge in [-0.05, 0) is 49.7 Å². The van der Waals surface area contributed by atoms with Gasteiger partial charge in [0.2, 0.25) is 0 Å². The fraction of sp³-hybridized carbons (Fsp3) is 0.500. The van der Waals surface area contributed by atoms with E-state index in [0.29, 0.717) is 5.02 Å². The molecule has 0 N–H and O–H groups in total.